The van der Waals surface area contributed by atoms with Gasteiger partial charge in [-0.2, -0.15) is 0 Å². The summed E-state index contributed by atoms with van der Waals surface area (Å²) in [6.45, 7) is 6.27. The highest BCUT2D eigenvalue weighted by Gasteiger charge is 2.22. The summed E-state index contributed by atoms with van der Waals surface area (Å²) in [5.41, 5.74) is 3.28. The van der Waals surface area contributed by atoms with Crippen molar-refractivity contribution in [2.45, 2.75) is 39.3 Å². The van der Waals surface area contributed by atoms with Crippen molar-refractivity contribution >= 4 is 5.91 Å². The Morgan fingerprint density at radius 1 is 1.36 bits per heavy atom. The fourth-order valence-corrected chi connectivity index (χ4v) is 3.19. The van der Waals surface area contributed by atoms with Crippen LogP contribution in [0.25, 0.3) is 0 Å². The van der Waals surface area contributed by atoms with E-state index in [1.54, 1.807) is 7.11 Å². The van der Waals surface area contributed by atoms with Gasteiger partial charge >= 0.3 is 0 Å². The standard InChI is InChI=1S/C18H25N5O2/c1-12-4-5-14(10-16(12)25-3)11-20-18(24)17-13(2)23(22-21-17)15-6-8-19-9-7-15/h4-5,10,15,19H,6-9,11H2,1-3H3,(H,20,24). The molecule has 0 atom stereocenters. The molecule has 1 aromatic carbocycles. The van der Waals surface area contributed by atoms with Crippen molar-refractivity contribution in [2.75, 3.05) is 20.2 Å². The molecule has 0 unspecified atom stereocenters. The summed E-state index contributed by atoms with van der Waals surface area (Å²) in [6.07, 6.45) is 2.02. The van der Waals surface area contributed by atoms with Crippen LogP contribution in [0, 0.1) is 13.8 Å². The molecular formula is C18H25N5O2. The molecule has 2 N–H and O–H groups in total. The molecule has 7 heteroatoms. The summed E-state index contributed by atoms with van der Waals surface area (Å²) in [7, 11) is 1.65. The van der Waals surface area contributed by atoms with E-state index in [2.05, 4.69) is 20.9 Å². The van der Waals surface area contributed by atoms with Crippen molar-refractivity contribution in [3.05, 3.63) is 40.7 Å². The number of methoxy groups -OCH3 is 1. The minimum Gasteiger partial charge on any atom is -0.496 e. The first-order valence-electron chi connectivity index (χ1n) is 8.64. The highest BCUT2D eigenvalue weighted by atomic mass is 16.5. The molecule has 25 heavy (non-hydrogen) atoms. The molecule has 0 radical (unpaired) electrons. The van der Waals surface area contributed by atoms with Crippen LogP contribution in [-0.4, -0.2) is 41.1 Å². The Hall–Kier alpha value is -2.41. The number of aromatic nitrogens is 3. The SMILES string of the molecule is COc1cc(CNC(=O)c2nnn(C3CCNCC3)c2C)ccc1C. The normalized spacial score (nSPS) is 15.2. The lowest BCUT2D eigenvalue weighted by Gasteiger charge is -2.23. The first kappa shape index (κ1) is 17.4. The van der Waals surface area contributed by atoms with Gasteiger partial charge in [-0.25, -0.2) is 4.68 Å². The van der Waals surface area contributed by atoms with E-state index in [4.69, 9.17) is 4.74 Å². The highest BCUT2D eigenvalue weighted by Crippen LogP contribution is 2.21. The van der Waals surface area contributed by atoms with E-state index >= 15 is 0 Å². The van der Waals surface area contributed by atoms with Crippen LogP contribution in [0.15, 0.2) is 18.2 Å². The second kappa shape index (κ2) is 7.65. The third-order valence-electron chi connectivity index (χ3n) is 4.72. The third-order valence-corrected chi connectivity index (χ3v) is 4.72. The lowest BCUT2D eigenvalue weighted by Crippen LogP contribution is -2.30. The summed E-state index contributed by atoms with van der Waals surface area (Å²) in [4.78, 5) is 12.5. The second-order valence-corrected chi connectivity index (χ2v) is 6.44. The molecule has 1 aromatic heterocycles. The minimum absolute atomic E-state index is 0.197. The number of amides is 1. The van der Waals surface area contributed by atoms with Gasteiger partial charge in [0.25, 0.3) is 5.91 Å². The van der Waals surface area contributed by atoms with Crippen LogP contribution in [0.4, 0.5) is 0 Å². The average molecular weight is 343 g/mol. The molecule has 0 saturated carbocycles. The van der Waals surface area contributed by atoms with Gasteiger partial charge in [0.05, 0.1) is 18.8 Å². The molecule has 1 amide bonds. The maximum atomic E-state index is 12.5. The largest absolute Gasteiger partial charge is 0.496 e. The van der Waals surface area contributed by atoms with Crippen molar-refractivity contribution < 1.29 is 9.53 Å². The number of hydrogen-bond acceptors (Lipinski definition) is 5. The molecular weight excluding hydrogens is 318 g/mol. The van der Waals surface area contributed by atoms with Gasteiger partial charge in [-0.15, -0.1) is 5.10 Å². The number of benzene rings is 1. The number of nitrogens with one attached hydrogen (secondary N) is 2. The number of nitrogens with zero attached hydrogens (tertiary/aromatic N) is 3. The zero-order valence-electron chi connectivity index (χ0n) is 15.0. The monoisotopic (exact) mass is 343 g/mol. The smallest absolute Gasteiger partial charge is 0.274 e. The molecule has 7 nitrogen and oxygen atoms in total. The van der Waals surface area contributed by atoms with Gasteiger partial charge in [-0.05, 0) is 57.0 Å². The maximum Gasteiger partial charge on any atom is 0.274 e. The van der Waals surface area contributed by atoms with Crippen LogP contribution >= 0.6 is 0 Å². The van der Waals surface area contributed by atoms with Crippen LogP contribution in [0.1, 0.15) is 46.2 Å². The van der Waals surface area contributed by atoms with Crippen molar-refractivity contribution in [3.8, 4) is 5.75 Å². The van der Waals surface area contributed by atoms with E-state index in [9.17, 15) is 4.79 Å². The Balaban J connectivity index is 1.66. The van der Waals surface area contributed by atoms with Gasteiger partial charge in [-0.1, -0.05) is 17.3 Å². The Morgan fingerprint density at radius 2 is 2.12 bits per heavy atom. The van der Waals surface area contributed by atoms with E-state index in [0.29, 0.717) is 18.3 Å². The van der Waals surface area contributed by atoms with Gasteiger partial charge in [0, 0.05) is 6.54 Å². The average Bonchev–Trinajstić information content (AvgIpc) is 3.03. The maximum absolute atomic E-state index is 12.5. The van der Waals surface area contributed by atoms with Crippen molar-refractivity contribution in [1.82, 2.24) is 25.6 Å². The summed E-state index contributed by atoms with van der Waals surface area (Å²) in [6, 6.07) is 6.22. The zero-order valence-corrected chi connectivity index (χ0v) is 15.0. The molecule has 1 aliphatic rings. The fraction of sp³-hybridized carbons (Fsp3) is 0.500. The number of hydrogen-bond donors (Lipinski definition) is 2. The van der Waals surface area contributed by atoms with Gasteiger partial charge in [0.2, 0.25) is 0 Å². The number of carbonyl (C=O) groups excluding carboxylic acids is 1. The third kappa shape index (κ3) is 3.82. The molecule has 0 aliphatic carbocycles. The molecule has 0 bridgehead atoms. The van der Waals surface area contributed by atoms with Gasteiger partial charge in [0.1, 0.15) is 5.75 Å². The van der Waals surface area contributed by atoms with Crippen LogP contribution in [0.3, 0.4) is 0 Å². The van der Waals surface area contributed by atoms with Crippen LogP contribution < -0.4 is 15.4 Å². The Kier molecular flexibility index (Phi) is 5.33. The van der Waals surface area contributed by atoms with Crippen molar-refractivity contribution in [2.24, 2.45) is 0 Å². The number of rotatable bonds is 5. The van der Waals surface area contributed by atoms with E-state index < -0.39 is 0 Å². The minimum atomic E-state index is -0.197. The molecule has 2 heterocycles. The molecule has 1 fully saturated rings. The van der Waals surface area contributed by atoms with Crippen LogP contribution in [0.2, 0.25) is 0 Å². The van der Waals surface area contributed by atoms with E-state index in [0.717, 1.165) is 48.5 Å². The molecule has 1 aliphatic heterocycles. The van der Waals surface area contributed by atoms with Crippen LogP contribution in [0.5, 0.6) is 5.75 Å². The van der Waals surface area contributed by atoms with E-state index in [1.807, 2.05) is 36.7 Å². The summed E-state index contributed by atoms with van der Waals surface area (Å²) in [5, 5.41) is 14.6. The first-order chi connectivity index (χ1) is 12.1. The topological polar surface area (TPSA) is 81.1 Å². The predicted molar refractivity (Wildman–Crippen MR) is 94.8 cm³/mol. The Labute approximate surface area is 147 Å². The van der Waals surface area contributed by atoms with Gasteiger partial charge < -0.3 is 15.4 Å². The lowest BCUT2D eigenvalue weighted by molar-refractivity contribution is 0.0945. The highest BCUT2D eigenvalue weighted by molar-refractivity contribution is 5.93. The second-order valence-electron chi connectivity index (χ2n) is 6.44. The summed E-state index contributed by atoms with van der Waals surface area (Å²) < 4.78 is 7.22. The van der Waals surface area contributed by atoms with Crippen molar-refractivity contribution in [1.29, 1.82) is 0 Å². The number of ether oxygens (including phenoxy) is 1. The Bertz CT molecular complexity index is 750. The van der Waals surface area contributed by atoms with Crippen molar-refractivity contribution in [3.63, 3.8) is 0 Å². The number of carbonyl (C=O) groups is 1. The zero-order chi connectivity index (χ0) is 17.8. The predicted octanol–water partition coefficient (Wildman–Crippen LogP) is 1.76. The molecule has 3 rings (SSSR count). The molecule has 0 spiro atoms. The van der Waals surface area contributed by atoms with Crippen LogP contribution in [-0.2, 0) is 6.54 Å². The Morgan fingerprint density at radius 3 is 2.84 bits per heavy atom. The number of piperidine rings is 1. The van der Waals surface area contributed by atoms with E-state index in [1.165, 1.54) is 0 Å². The number of aryl methyl sites for hydroxylation is 1. The first-order valence-corrected chi connectivity index (χ1v) is 8.64. The summed E-state index contributed by atoms with van der Waals surface area (Å²) in [5.74, 6) is 0.622. The lowest BCUT2D eigenvalue weighted by atomic mass is 10.1. The molecule has 1 saturated heterocycles. The van der Waals surface area contributed by atoms with E-state index in [-0.39, 0.29) is 5.91 Å². The summed E-state index contributed by atoms with van der Waals surface area (Å²) >= 11 is 0. The fourth-order valence-electron chi connectivity index (χ4n) is 3.19. The van der Waals surface area contributed by atoms with Gasteiger partial charge in [-0.3, -0.25) is 4.79 Å². The quantitative estimate of drug-likeness (QED) is 0.865. The molecule has 134 valence electrons. The molecule has 2 aromatic rings. The van der Waals surface area contributed by atoms with Gasteiger partial charge in [0.15, 0.2) is 5.69 Å².